The van der Waals surface area contributed by atoms with E-state index in [4.69, 9.17) is 38.4 Å². The normalized spacial score (nSPS) is 10.6. The number of amides is 1. The summed E-state index contributed by atoms with van der Waals surface area (Å²) in [6.45, 7) is 2.58. The second-order valence-electron chi connectivity index (χ2n) is 5.52. The number of nitrogens with one attached hydrogen (secondary N) is 1. The molecule has 1 aromatic heterocycles. The summed E-state index contributed by atoms with van der Waals surface area (Å²) in [4.78, 5) is 11.5. The fourth-order valence-corrected chi connectivity index (χ4v) is 2.76. The van der Waals surface area contributed by atoms with Gasteiger partial charge in [0, 0.05) is 5.56 Å². The number of rotatable bonds is 7. The second-order valence-corrected chi connectivity index (χ2v) is 6.33. The largest absolute Gasteiger partial charge is 0.490 e. The van der Waals surface area contributed by atoms with Crippen LogP contribution in [0.4, 0.5) is 0 Å². The number of hydrogen-bond donors (Lipinski definition) is 2. The van der Waals surface area contributed by atoms with Crippen LogP contribution in [-0.2, 0) is 6.61 Å². The van der Waals surface area contributed by atoms with Crippen molar-refractivity contribution < 1.29 is 14.3 Å². The fourth-order valence-electron chi connectivity index (χ4n) is 2.44. The van der Waals surface area contributed by atoms with Crippen LogP contribution >= 0.6 is 23.2 Å². The number of halogens is 2. The summed E-state index contributed by atoms with van der Waals surface area (Å²) >= 11 is 12.0. The second kappa shape index (κ2) is 8.28. The third-order valence-electron chi connectivity index (χ3n) is 3.68. The molecule has 3 aromatic rings. The Morgan fingerprint density at radius 3 is 2.59 bits per heavy atom. The minimum atomic E-state index is -0.670. The zero-order valence-corrected chi connectivity index (χ0v) is 15.8. The van der Waals surface area contributed by atoms with Gasteiger partial charge in [-0.25, -0.2) is 0 Å². The monoisotopic (exact) mass is 406 g/mol. The first-order valence-electron chi connectivity index (χ1n) is 8.04. The minimum absolute atomic E-state index is 0.0573. The van der Waals surface area contributed by atoms with E-state index in [1.165, 1.54) is 0 Å². The van der Waals surface area contributed by atoms with E-state index >= 15 is 0 Å². The number of aromatic nitrogens is 3. The highest BCUT2D eigenvalue weighted by Crippen LogP contribution is 2.33. The molecule has 2 aromatic carbocycles. The average Bonchev–Trinajstić information content (AvgIpc) is 3.14. The van der Waals surface area contributed by atoms with Crippen LogP contribution in [0.5, 0.6) is 11.5 Å². The summed E-state index contributed by atoms with van der Waals surface area (Å²) in [6, 6.07) is 10.5. The first-order chi connectivity index (χ1) is 13.0. The lowest BCUT2D eigenvalue weighted by Gasteiger charge is -2.13. The van der Waals surface area contributed by atoms with Gasteiger partial charge in [0.1, 0.15) is 12.3 Å². The zero-order valence-electron chi connectivity index (χ0n) is 14.3. The predicted molar refractivity (Wildman–Crippen MR) is 102 cm³/mol. The van der Waals surface area contributed by atoms with Crippen LogP contribution < -0.4 is 15.2 Å². The maximum absolute atomic E-state index is 11.5. The van der Waals surface area contributed by atoms with Crippen molar-refractivity contribution in [3.8, 4) is 22.8 Å². The van der Waals surface area contributed by atoms with Crippen molar-refractivity contribution in [2.75, 3.05) is 6.61 Å². The molecule has 0 radical (unpaired) electrons. The Hall–Kier alpha value is -2.77. The van der Waals surface area contributed by atoms with Gasteiger partial charge in [0.05, 0.1) is 16.7 Å². The molecule has 3 rings (SSSR count). The third-order valence-corrected chi connectivity index (χ3v) is 4.42. The molecular formula is C18H16Cl2N4O3. The molecule has 0 saturated heterocycles. The van der Waals surface area contributed by atoms with Crippen LogP contribution in [0.3, 0.4) is 0 Å². The van der Waals surface area contributed by atoms with Crippen molar-refractivity contribution in [1.82, 2.24) is 15.4 Å². The summed E-state index contributed by atoms with van der Waals surface area (Å²) in [5.74, 6) is 0.376. The van der Waals surface area contributed by atoms with E-state index in [-0.39, 0.29) is 12.3 Å². The lowest BCUT2D eigenvalue weighted by Crippen LogP contribution is -2.12. The molecule has 140 valence electrons. The predicted octanol–water partition coefficient (Wildman–Crippen LogP) is 3.86. The Bertz CT molecular complexity index is 975. The van der Waals surface area contributed by atoms with E-state index in [0.717, 1.165) is 5.56 Å². The van der Waals surface area contributed by atoms with Gasteiger partial charge in [0.25, 0.3) is 5.91 Å². The lowest BCUT2D eigenvalue weighted by atomic mass is 10.1. The molecule has 0 bridgehead atoms. The lowest BCUT2D eigenvalue weighted by molar-refractivity contribution is 0.0996. The highest BCUT2D eigenvalue weighted by Gasteiger charge is 2.17. The van der Waals surface area contributed by atoms with Crippen molar-refractivity contribution in [1.29, 1.82) is 0 Å². The number of ether oxygens (including phenoxy) is 2. The Kier molecular flexibility index (Phi) is 5.83. The fraction of sp³-hybridized carbons (Fsp3) is 0.167. The number of H-pyrrole nitrogens is 1. The van der Waals surface area contributed by atoms with Gasteiger partial charge in [0.15, 0.2) is 17.2 Å². The quantitative estimate of drug-likeness (QED) is 0.619. The number of carbonyl (C=O) groups excluding carboxylic acids is 1. The molecule has 0 aliphatic heterocycles. The van der Waals surface area contributed by atoms with Crippen LogP contribution in [-0.4, -0.2) is 27.9 Å². The summed E-state index contributed by atoms with van der Waals surface area (Å²) in [5, 5.41) is 11.1. The molecule has 0 aliphatic rings. The molecule has 1 amide bonds. The summed E-state index contributed by atoms with van der Waals surface area (Å²) in [7, 11) is 0. The van der Waals surface area contributed by atoms with E-state index < -0.39 is 5.91 Å². The van der Waals surface area contributed by atoms with Crippen molar-refractivity contribution in [2.45, 2.75) is 13.5 Å². The van der Waals surface area contributed by atoms with Gasteiger partial charge in [0.2, 0.25) is 0 Å². The van der Waals surface area contributed by atoms with Gasteiger partial charge in [-0.2, -0.15) is 15.4 Å². The van der Waals surface area contributed by atoms with Gasteiger partial charge in [-0.15, -0.1) is 0 Å². The molecule has 0 unspecified atom stereocenters. The van der Waals surface area contributed by atoms with Crippen LogP contribution in [0, 0.1) is 0 Å². The Morgan fingerprint density at radius 2 is 1.89 bits per heavy atom. The summed E-state index contributed by atoms with van der Waals surface area (Å²) < 4.78 is 11.5. The number of aromatic amines is 1. The van der Waals surface area contributed by atoms with Gasteiger partial charge < -0.3 is 15.2 Å². The Balaban J connectivity index is 1.86. The van der Waals surface area contributed by atoms with Gasteiger partial charge in [-0.05, 0) is 42.8 Å². The molecule has 0 fully saturated rings. The van der Waals surface area contributed by atoms with E-state index in [1.807, 2.05) is 13.0 Å². The molecule has 0 saturated carbocycles. The van der Waals surface area contributed by atoms with E-state index in [9.17, 15) is 4.79 Å². The number of carbonyl (C=O) groups is 1. The molecule has 1 heterocycles. The molecule has 0 aliphatic carbocycles. The molecule has 0 spiro atoms. The third kappa shape index (κ3) is 4.32. The van der Waals surface area contributed by atoms with Crippen LogP contribution in [0.25, 0.3) is 11.3 Å². The zero-order chi connectivity index (χ0) is 19.4. The number of hydrogen-bond acceptors (Lipinski definition) is 5. The highest BCUT2D eigenvalue weighted by atomic mass is 35.5. The average molecular weight is 407 g/mol. The Morgan fingerprint density at radius 1 is 1.07 bits per heavy atom. The van der Waals surface area contributed by atoms with E-state index in [2.05, 4.69) is 15.4 Å². The first kappa shape index (κ1) is 19.0. The Labute approximate surface area is 165 Å². The maximum Gasteiger partial charge on any atom is 0.271 e. The number of nitrogens with two attached hydrogens (primary N) is 1. The molecule has 27 heavy (non-hydrogen) atoms. The molecule has 7 nitrogen and oxygen atoms in total. The molecule has 3 N–H and O–H groups in total. The van der Waals surface area contributed by atoms with Crippen molar-refractivity contribution in [2.24, 2.45) is 5.73 Å². The standard InChI is InChI=1S/C18H16Cl2N4O3/c1-2-26-15-8-11(16-17(18(21)25)23-24-22-16)4-6-14(15)27-9-10-3-5-12(19)13(20)7-10/h3-8H,2,9H2,1H3,(H2,21,25)(H,22,23,24). The van der Waals surface area contributed by atoms with Gasteiger partial charge in [-0.1, -0.05) is 29.3 Å². The van der Waals surface area contributed by atoms with Gasteiger partial charge >= 0.3 is 0 Å². The molecular weight excluding hydrogens is 391 g/mol. The van der Waals surface area contributed by atoms with E-state index in [0.29, 0.717) is 39.4 Å². The van der Waals surface area contributed by atoms with Crippen LogP contribution in [0.2, 0.25) is 10.0 Å². The smallest absolute Gasteiger partial charge is 0.271 e. The van der Waals surface area contributed by atoms with Crippen molar-refractivity contribution in [3.63, 3.8) is 0 Å². The SMILES string of the molecule is CCOc1cc(-c2n[nH]nc2C(N)=O)ccc1OCc1ccc(Cl)c(Cl)c1. The van der Waals surface area contributed by atoms with Crippen molar-refractivity contribution in [3.05, 3.63) is 57.7 Å². The highest BCUT2D eigenvalue weighted by molar-refractivity contribution is 6.42. The first-order valence-corrected chi connectivity index (χ1v) is 8.79. The van der Waals surface area contributed by atoms with E-state index in [1.54, 1.807) is 30.3 Å². The number of nitrogens with zero attached hydrogens (tertiary/aromatic N) is 2. The molecule has 0 atom stereocenters. The maximum atomic E-state index is 11.5. The van der Waals surface area contributed by atoms with Crippen LogP contribution in [0.1, 0.15) is 23.0 Å². The van der Waals surface area contributed by atoms with Crippen LogP contribution in [0.15, 0.2) is 36.4 Å². The number of benzene rings is 2. The number of primary amides is 1. The summed E-state index contributed by atoms with van der Waals surface area (Å²) in [5.41, 5.74) is 7.22. The van der Waals surface area contributed by atoms with Gasteiger partial charge in [-0.3, -0.25) is 4.79 Å². The van der Waals surface area contributed by atoms with Crippen molar-refractivity contribution >= 4 is 29.1 Å². The minimum Gasteiger partial charge on any atom is -0.490 e. The topological polar surface area (TPSA) is 103 Å². The summed E-state index contributed by atoms with van der Waals surface area (Å²) in [6.07, 6.45) is 0. The molecule has 9 heteroatoms.